The van der Waals surface area contributed by atoms with Gasteiger partial charge in [-0.25, -0.2) is 0 Å². The number of hydrogen-bond donors (Lipinski definition) is 1. The molecule has 1 fully saturated rings. The number of nitrogens with zero attached hydrogens (tertiary/aromatic N) is 2. The number of rotatable bonds is 5. The molecule has 2 heterocycles. The predicted molar refractivity (Wildman–Crippen MR) is 113 cm³/mol. The normalized spacial score (nSPS) is 21.1. The average Bonchev–Trinajstić information content (AvgIpc) is 2.73. The Bertz CT molecular complexity index is 844. The Kier molecular flexibility index (Phi) is 5.74. The molecule has 1 saturated heterocycles. The fraction of sp³-hybridized carbons (Fsp3) is 0.409. The summed E-state index contributed by atoms with van der Waals surface area (Å²) in [4.78, 5) is 17.8. The third kappa shape index (κ3) is 3.82. The summed E-state index contributed by atoms with van der Waals surface area (Å²) in [5, 5.41) is 3.79. The Morgan fingerprint density at radius 1 is 1.21 bits per heavy atom. The number of amides is 1. The van der Waals surface area contributed by atoms with Crippen molar-refractivity contribution in [2.24, 2.45) is 5.92 Å². The number of para-hydroxylation sites is 1. The van der Waals surface area contributed by atoms with Crippen LogP contribution >= 0.6 is 11.6 Å². The number of halogens is 1. The third-order valence-corrected chi connectivity index (χ3v) is 5.97. The van der Waals surface area contributed by atoms with Gasteiger partial charge in [0.25, 0.3) is 0 Å². The van der Waals surface area contributed by atoms with Crippen molar-refractivity contribution in [2.45, 2.75) is 12.5 Å². The van der Waals surface area contributed by atoms with Gasteiger partial charge in [-0.05, 0) is 36.2 Å². The summed E-state index contributed by atoms with van der Waals surface area (Å²) in [7, 11) is 1.65. The molecule has 2 atom stereocenters. The molecule has 1 N–H and O–H groups in total. The van der Waals surface area contributed by atoms with Crippen LogP contribution < -0.4 is 15.1 Å². The topological polar surface area (TPSA) is 44.8 Å². The first-order valence-electron chi connectivity index (χ1n) is 9.79. The zero-order valence-electron chi connectivity index (χ0n) is 16.1. The van der Waals surface area contributed by atoms with E-state index in [2.05, 4.69) is 45.4 Å². The molecule has 2 aliphatic rings. The van der Waals surface area contributed by atoms with Gasteiger partial charge in [-0.15, -0.1) is 0 Å². The first-order valence-corrected chi connectivity index (χ1v) is 10.2. The maximum Gasteiger partial charge on any atom is 0.225 e. The van der Waals surface area contributed by atoms with Crippen LogP contribution in [0.1, 0.15) is 5.56 Å². The molecule has 0 radical (unpaired) electrons. The summed E-state index contributed by atoms with van der Waals surface area (Å²) in [6.45, 7) is 3.66. The zero-order chi connectivity index (χ0) is 19.5. The molecule has 2 aromatic carbocycles. The van der Waals surface area contributed by atoms with Crippen LogP contribution in [0.25, 0.3) is 0 Å². The van der Waals surface area contributed by atoms with Crippen molar-refractivity contribution in [2.75, 3.05) is 49.7 Å². The lowest BCUT2D eigenvalue weighted by Crippen LogP contribution is -2.61. The van der Waals surface area contributed by atoms with Gasteiger partial charge in [-0.1, -0.05) is 35.9 Å². The van der Waals surface area contributed by atoms with Crippen molar-refractivity contribution in [3.8, 4) is 0 Å². The minimum atomic E-state index is -0.0891. The van der Waals surface area contributed by atoms with Crippen LogP contribution in [0.4, 0.5) is 11.4 Å². The molecule has 1 amide bonds. The van der Waals surface area contributed by atoms with E-state index in [4.69, 9.17) is 16.3 Å². The minimum absolute atomic E-state index is 0.0891. The van der Waals surface area contributed by atoms with Crippen molar-refractivity contribution in [3.63, 3.8) is 0 Å². The molecule has 2 aromatic rings. The maximum absolute atomic E-state index is 13.0. The summed E-state index contributed by atoms with van der Waals surface area (Å²) in [5.41, 5.74) is 3.63. The smallest absolute Gasteiger partial charge is 0.225 e. The van der Waals surface area contributed by atoms with Gasteiger partial charge in [0.15, 0.2) is 0 Å². The number of hydrogen-bond acceptors (Lipinski definition) is 4. The van der Waals surface area contributed by atoms with E-state index in [-0.39, 0.29) is 17.9 Å². The number of carbonyl (C=O) groups is 1. The van der Waals surface area contributed by atoms with Gasteiger partial charge in [-0.3, -0.25) is 4.79 Å². The fourth-order valence-electron chi connectivity index (χ4n) is 4.37. The molecule has 0 aromatic heterocycles. The number of nitrogens with one attached hydrogen (secondary N) is 1. The summed E-state index contributed by atoms with van der Waals surface area (Å²) in [5.74, 6) is 0.0169. The number of methoxy groups -OCH3 is 1. The lowest BCUT2D eigenvalue weighted by Gasteiger charge is -2.49. The molecular formula is C22H26ClN3O2. The van der Waals surface area contributed by atoms with Crippen LogP contribution in [0.15, 0.2) is 48.5 Å². The molecule has 2 aliphatic heterocycles. The molecule has 0 bridgehead atoms. The molecule has 0 spiro atoms. The standard InChI is InChI=1S/C22H26ClN3O2/c1-28-12-9-24-22(27)19-13-16-5-2-3-8-20(16)26-11-10-25(15-21(19)26)18-7-4-6-17(23)14-18/h2-8,14,19,21H,9-13,15H2,1H3,(H,24,27). The monoisotopic (exact) mass is 399 g/mol. The van der Waals surface area contributed by atoms with E-state index in [1.54, 1.807) is 7.11 Å². The Morgan fingerprint density at radius 3 is 2.89 bits per heavy atom. The first kappa shape index (κ1) is 19.1. The Hall–Kier alpha value is -2.24. The van der Waals surface area contributed by atoms with E-state index in [0.29, 0.717) is 13.2 Å². The number of benzene rings is 2. The van der Waals surface area contributed by atoms with E-state index in [1.807, 2.05) is 18.2 Å². The van der Waals surface area contributed by atoms with E-state index in [1.165, 1.54) is 11.3 Å². The van der Waals surface area contributed by atoms with Gasteiger partial charge in [0.05, 0.1) is 18.6 Å². The second-order valence-electron chi connectivity index (χ2n) is 7.41. The van der Waals surface area contributed by atoms with Crippen LogP contribution in [-0.4, -0.2) is 51.8 Å². The highest BCUT2D eigenvalue weighted by Crippen LogP contribution is 2.37. The zero-order valence-corrected chi connectivity index (χ0v) is 16.9. The first-order chi connectivity index (χ1) is 13.7. The van der Waals surface area contributed by atoms with Gasteiger partial charge in [0.2, 0.25) is 5.91 Å². The third-order valence-electron chi connectivity index (χ3n) is 5.74. The molecule has 0 aliphatic carbocycles. The Balaban J connectivity index is 1.60. The van der Waals surface area contributed by atoms with Crippen LogP contribution in [0.3, 0.4) is 0 Å². The van der Waals surface area contributed by atoms with E-state index < -0.39 is 0 Å². The highest BCUT2D eigenvalue weighted by atomic mass is 35.5. The maximum atomic E-state index is 13.0. The van der Waals surface area contributed by atoms with Crippen LogP contribution in [-0.2, 0) is 16.0 Å². The number of anilines is 2. The summed E-state index contributed by atoms with van der Waals surface area (Å²) >= 11 is 6.21. The Morgan fingerprint density at radius 2 is 2.07 bits per heavy atom. The summed E-state index contributed by atoms with van der Waals surface area (Å²) in [6.07, 6.45) is 0.763. The van der Waals surface area contributed by atoms with Crippen molar-refractivity contribution < 1.29 is 9.53 Å². The fourth-order valence-corrected chi connectivity index (χ4v) is 4.56. The number of fused-ring (bicyclic) bond motifs is 3. The highest BCUT2D eigenvalue weighted by Gasteiger charge is 2.41. The molecule has 0 saturated carbocycles. The van der Waals surface area contributed by atoms with Crippen molar-refractivity contribution in [3.05, 3.63) is 59.1 Å². The lowest BCUT2D eigenvalue weighted by atomic mass is 9.83. The van der Waals surface area contributed by atoms with Crippen molar-refractivity contribution >= 4 is 28.9 Å². The minimum Gasteiger partial charge on any atom is -0.383 e. The SMILES string of the molecule is COCCNC(=O)C1Cc2ccccc2N2CCN(c3cccc(Cl)c3)CC12. The van der Waals surface area contributed by atoms with Gasteiger partial charge in [0.1, 0.15) is 0 Å². The predicted octanol–water partition coefficient (Wildman–Crippen LogP) is 2.97. The van der Waals surface area contributed by atoms with Gasteiger partial charge in [0, 0.05) is 49.7 Å². The number of ether oxygens (including phenoxy) is 1. The van der Waals surface area contributed by atoms with E-state index >= 15 is 0 Å². The van der Waals surface area contributed by atoms with Crippen LogP contribution in [0.2, 0.25) is 5.02 Å². The second kappa shape index (κ2) is 8.41. The van der Waals surface area contributed by atoms with Gasteiger partial charge in [-0.2, -0.15) is 0 Å². The van der Waals surface area contributed by atoms with Gasteiger partial charge < -0.3 is 19.9 Å². The molecule has 6 heteroatoms. The highest BCUT2D eigenvalue weighted by molar-refractivity contribution is 6.30. The summed E-state index contributed by atoms with van der Waals surface area (Å²) < 4.78 is 5.08. The second-order valence-corrected chi connectivity index (χ2v) is 7.85. The molecule has 148 valence electrons. The average molecular weight is 400 g/mol. The van der Waals surface area contributed by atoms with E-state index in [9.17, 15) is 4.79 Å². The van der Waals surface area contributed by atoms with Crippen LogP contribution in [0.5, 0.6) is 0 Å². The van der Waals surface area contributed by atoms with E-state index in [0.717, 1.165) is 36.8 Å². The molecule has 2 unspecified atom stereocenters. The van der Waals surface area contributed by atoms with Crippen molar-refractivity contribution in [1.82, 2.24) is 5.32 Å². The Labute approximate surface area is 171 Å². The molecular weight excluding hydrogens is 374 g/mol. The molecule has 4 rings (SSSR count). The van der Waals surface area contributed by atoms with Gasteiger partial charge >= 0.3 is 0 Å². The summed E-state index contributed by atoms with van der Waals surface area (Å²) in [6, 6.07) is 16.6. The number of piperazine rings is 1. The number of carbonyl (C=O) groups excluding carboxylic acids is 1. The van der Waals surface area contributed by atoms with Crippen LogP contribution in [0, 0.1) is 5.92 Å². The quantitative estimate of drug-likeness (QED) is 0.785. The lowest BCUT2D eigenvalue weighted by molar-refractivity contribution is -0.126. The molecule has 28 heavy (non-hydrogen) atoms. The molecule has 5 nitrogen and oxygen atoms in total. The van der Waals surface area contributed by atoms with Crippen molar-refractivity contribution in [1.29, 1.82) is 0 Å². The largest absolute Gasteiger partial charge is 0.383 e.